The van der Waals surface area contributed by atoms with Crippen LogP contribution in [0.25, 0.3) is 11.4 Å². The fraction of sp³-hybridized carbons (Fsp3) is 0. The maximum atomic E-state index is 10.2. The minimum Gasteiger partial charge on any atom is -0.368 e. The van der Waals surface area contributed by atoms with E-state index in [-0.39, 0.29) is 11.9 Å². The Balaban J connectivity index is 0.000000185. The molecule has 0 aliphatic heterocycles. The second-order valence-corrected chi connectivity index (χ2v) is 4.10. The van der Waals surface area contributed by atoms with Crippen molar-refractivity contribution in [2.75, 3.05) is 11.5 Å². The lowest BCUT2D eigenvalue weighted by atomic mass is 10.2. The predicted octanol–water partition coefficient (Wildman–Crippen LogP) is -1.55. The Kier molecular flexibility index (Phi) is 4.62. The van der Waals surface area contributed by atoms with Crippen LogP contribution in [-0.4, -0.2) is 29.9 Å². The summed E-state index contributed by atoms with van der Waals surface area (Å²) < 4.78 is 0. The topological polar surface area (TPSA) is 189 Å². The van der Waals surface area contributed by atoms with Crippen LogP contribution in [0.2, 0.25) is 0 Å². The molecule has 3 rings (SSSR count). The normalized spacial score (nSPS) is 9.74. The molecule has 0 bridgehead atoms. The molecule has 0 unspecified atom stereocenters. The van der Waals surface area contributed by atoms with Gasteiger partial charge in [0.15, 0.2) is 5.82 Å². The van der Waals surface area contributed by atoms with Gasteiger partial charge in [0.2, 0.25) is 11.9 Å². The average molecular weight is 316 g/mol. The van der Waals surface area contributed by atoms with Crippen molar-refractivity contribution in [1.82, 2.24) is 29.9 Å². The van der Waals surface area contributed by atoms with Crippen molar-refractivity contribution in [1.29, 1.82) is 0 Å². The zero-order chi connectivity index (χ0) is 16.8. The van der Waals surface area contributed by atoms with Crippen LogP contribution in [0.4, 0.5) is 11.9 Å². The Labute approximate surface area is 127 Å². The summed E-state index contributed by atoms with van der Waals surface area (Å²) in [5.41, 5.74) is 9.37. The molecule has 7 N–H and O–H groups in total. The summed E-state index contributed by atoms with van der Waals surface area (Å²) in [7, 11) is 0. The first-order valence-corrected chi connectivity index (χ1v) is 6.19. The summed E-state index contributed by atoms with van der Waals surface area (Å²) >= 11 is 0. The van der Waals surface area contributed by atoms with Crippen LogP contribution >= 0.6 is 0 Å². The second-order valence-electron chi connectivity index (χ2n) is 4.10. The van der Waals surface area contributed by atoms with Crippen molar-refractivity contribution >= 4 is 11.9 Å². The van der Waals surface area contributed by atoms with Crippen LogP contribution < -0.4 is 28.5 Å². The number of anilines is 2. The first-order chi connectivity index (χ1) is 10.9. The van der Waals surface area contributed by atoms with Gasteiger partial charge in [0.1, 0.15) is 0 Å². The number of nitrogens with one attached hydrogen (secondary N) is 3. The number of nitrogens with two attached hydrogens (primary N) is 2. The Hall–Kier alpha value is -3.76. The van der Waals surface area contributed by atoms with E-state index >= 15 is 0 Å². The van der Waals surface area contributed by atoms with Crippen molar-refractivity contribution in [3.8, 4) is 11.4 Å². The molecule has 2 heterocycles. The van der Waals surface area contributed by atoms with Gasteiger partial charge < -0.3 is 11.5 Å². The zero-order valence-corrected chi connectivity index (χ0v) is 11.6. The van der Waals surface area contributed by atoms with E-state index in [0.717, 1.165) is 5.56 Å². The SMILES string of the molecule is Nc1nc(N)nc(-c2ccccc2)n1.O=c1[nH]c(=O)[nH]c(=O)[nH]1. The minimum atomic E-state index is -0.802. The van der Waals surface area contributed by atoms with E-state index in [2.05, 4.69) is 15.0 Å². The first-order valence-electron chi connectivity index (χ1n) is 6.19. The molecule has 2 aromatic heterocycles. The Bertz CT molecular complexity index is 861. The van der Waals surface area contributed by atoms with Crippen molar-refractivity contribution in [2.45, 2.75) is 0 Å². The number of hydrogen-bond acceptors (Lipinski definition) is 8. The molecule has 0 aliphatic rings. The fourth-order valence-electron chi connectivity index (χ4n) is 1.53. The Morgan fingerprint density at radius 2 is 1.13 bits per heavy atom. The summed E-state index contributed by atoms with van der Waals surface area (Å²) in [4.78, 5) is 47.6. The third-order valence-electron chi connectivity index (χ3n) is 2.38. The third-order valence-corrected chi connectivity index (χ3v) is 2.38. The Morgan fingerprint density at radius 3 is 1.57 bits per heavy atom. The Morgan fingerprint density at radius 1 is 0.696 bits per heavy atom. The average Bonchev–Trinajstić information content (AvgIpc) is 2.46. The first kappa shape index (κ1) is 15.6. The third kappa shape index (κ3) is 4.63. The van der Waals surface area contributed by atoms with Gasteiger partial charge in [-0.05, 0) is 0 Å². The van der Waals surface area contributed by atoms with Crippen LogP contribution in [0, 0.1) is 0 Å². The van der Waals surface area contributed by atoms with E-state index in [1.54, 1.807) is 15.0 Å². The van der Waals surface area contributed by atoms with Gasteiger partial charge in [-0.15, -0.1) is 0 Å². The molecule has 3 aromatic rings. The number of nitrogens with zero attached hydrogens (tertiary/aromatic N) is 3. The lowest BCUT2D eigenvalue weighted by Crippen LogP contribution is -2.34. The highest BCUT2D eigenvalue weighted by Gasteiger charge is 2.03. The maximum Gasteiger partial charge on any atom is 0.330 e. The van der Waals surface area contributed by atoms with Gasteiger partial charge in [-0.25, -0.2) is 14.4 Å². The molecule has 0 saturated heterocycles. The number of rotatable bonds is 1. The monoisotopic (exact) mass is 316 g/mol. The highest BCUT2D eigenvalue weighted by Crippen LogP contribution is 2.14. The molecule has 0 spiro atoms. The lowest BCUT2D eigenvalue weighted by Gasteiger charge is -2.00. The number of H-pyrrole nitrogens is 3. The van der Waals surface area contributed by atoms with Crippen molar-refractivity contribution in [3.63, 3.8) is 0 Å². The van der Waals surface area contributed by atoms with Gasteiger partial charge in [0.05, 0.1) is 0 Å². The fourth-order valence-corrected chi connectivity index (χ4v) is 1.53. The molecule has 0 amide bonds. The van der Waals surface area contributed by atoms with E-state index in [1.165, 1.54) is 0 Å². The number of benzene rings is 1. The highest BCUT2D eigenvalue weighted by molar-refractivity contribution is 5.56. The van der Waals surface area contributed by atoms with Gasteiger partial charge in [-0.1, -0.05) is 30.3 Å². The van der Waals surface area contributed by atoms with Crippen molar-refractivity contribution < 1.29 is 0 Å². The van der Waals surface area contributed by atoms with Gasteiger partial charge in [0.25, 0.3) is 0 Å². The van der Waals surface area contributed by atoms with Gasteiger partial charge in [0, 0.05) is 5.56 Å². The maximum absolute atomic E-state index is 10.2. The van der Waals surface area contributed by atoms with E-state index in [0.29, 0.717) is 5.82 Å². The molecule has 0 atom stereocenters. The summed E-state index contributed by atoms with van der Waals surface area (Å²) in [5.74, 6) is 0.767. The van der Waals surface area contributed by atoms with E-state index < -0.39 is 17.1 Å². The molecule has 0 aliphatic carbocycles. The number of aromatic amines is 3. The molecule has 11 heteroatoms. The van der Waals surface area contributed by atoms with Gasteiger partial charge in [-0.2, -0.15) is 15.0 Å². The van der Waals surface area contributed by atoms with Crippen molar-refractivity contribution in [2.24, 2.45) is 0 Å². The van der Waals surface area contributed by atoms with E-state index in [4.69, 9.17) is 11.5 Å². The van der Waals surface area contributed by atoms with Crippen LogP contribution in [0.3, 0.4) is 0 Å². The quantitative estimate of drug-likeness (QED) is 0.356. The van der Waals surface area contributed by atoms with E-state index in [9.17, 15) is 14.4 Å². The number of hydrogen-bond donors (Lipinski definition) is 5. The summed E-state index contributed by atoms with van der Waals surface area (Å²) in [6, 6.07) is 9.47. The molecular formula is C12H12N8O3. The van der Waals surface area contributed by atoms with Gasteiger partial charge in [-0.3, -0.25) is 15.0 Å². The number of aromatic nitrogens is 6. The molecule has 0 radical (unpaired) electrons. The molecular weight excluding hydrogens is 304 g/mol. The second kappa shape index (κ2) is 6.80. The van der Waals surface area contributed by atoms with Crippen LogP contribution in [0.5, 0.6) is 0 Å². The van der Waals surface area contributed by atoms with E-state index in [1.807, 2.05) is 30.3 Å². The molecule has 1 aromatic carbocycles. The molecule has 11 nitrogen and oxygen atoms in total. The largest absolute Gasteiger partial charge is 0.368 e. The number of nitrogen functional groups attached to an aromatic ring is 2. The molecule has 0 fully saturated rings. The summed E-state index contributed by atoms with van der Waals surface area (Å²) in [5, 5.41) is 0. The molecule has 23 heavy (non-hydrogen) atoms. The molecule has 0 saturated carbocycles. The summed E-state index contributed by atoms with van der Waals surface area (Å²) in [6.45, 7) is 0. The minimum absolute atomic E-state index is 0.136. The highest BCUT2D eigenvalue weighted by atomic mass is 16.2. The molecule has 118 valence electrons. The summed E-state index contributed by atoms with van der Waals surface area (Å²) in [6.07, 6.45) is 0. The lowest BCUT2D eigenvalue weighted by molar-refractivity contribution is 0.888. The van der Waals surface area contributed by atoms with Crippen LogP contribution in [-0.2, 0) is 0 Å². The smallest absolute Gasteiger partial charge is 0.330 e. The zero-order valence-electron chi connectivity index (χ0n) is 11.6. The van der Waals surface area contributed by atoms with Crippen LogP contribution in [0.15, 0.2) is 44.7 Å². The van der Waals surface area contributed by atoms with Gasteiger partial charge >= 0.3 is 17.1 Å². The van der Waals surface area contributed by atoms with Crippen molar-refractivity contribution in [3.05, 3.63) is 61.8 Å². The standard InChI is InChI=1S/C9H9N5.C3H3N3O3/c10-8-12-7(13-9(11)14-8)6-4-2-1-3-5-6;7-1-4-2(8)6-3(9)5-1/h1-5H,(H4,10,11,12,13,14);(H3,4,5,6,7,8,9). The van der Waals surface area contributed by atoms with Crippen LogP contribution in [0.1, 0.15) is 0 Å². The predicted molar refractivity (Wildman–Crippen MR) is 82.4 cm³/mol.